The maximum absolute atomic E-state index is 5.47. The van der Waals surface area contributed by atoms with Gasteiger partial charge in [0.15, 0.2) is 6.10 Å². The van der Waals surface area contributed by atoms with Crippen LogP contribution < -0.4 is 10.1 Å². The summed E-state index contributed by atoms with van der Waals surface area (Å²) in [7, 11) is 0. The van der Waals surface area contributed by atoms with Crippen LogP contribution in [0, 0.1) is 12.3 Å². The van der Waals surface area contributed by atoms with Gasteiger partial charge in [-0.1, -0.05) is 12.8 Å². The number of nitrogens with one attached hydrogen (secondary N) is 1. The molecule has 1 atom stereocenters. The number of hydrogen-bond donors (Lipinski definition) is 1. The fraction of sp³-hybridized carbons (Fsp3) is 0.500. The first-order valence-corrected chi connectivity index (χ1v) is 5.44. The predicted octanol–water partition coefficient (Wildman–Crippen LogP) is 1.87. The van der Waals surface area contributed by atoms with Gasteiger partial charge in [0.05, 0.1) is 0 Å². The first-order chi connectivity index (χ1) is 7.69. The van der Waals surface area contributed by atoms with E-state index in [1.807, 2.05) is 13.8 Å². The molecule has 86 valence electrons. The van der Waals surface area contributed by atoms with E-state index in [0.717, 1.165) is 24.6 Å². The van der Waals surface area contributed by atoms with Crippen LogP contribution in [-0.4, -0.2) is 22.6 Å². The average molecular weight is 219 g/mol. The zero-order valence-corrected chi connectivity index (χ0v) is 9.95. The van der Waals surface area contributed by atoms with Gasteiger partial charge in [-0.3, -0.25) is 0 Å². The molecule has 0 saturated heterocycles. The van der Waals surface area contributed by atoms with E-state index in [0.29, 0.717) is 5.88 Å². The molecule has 0 radical (unpaired) electrons. The molecule has 16 heavy (non-hydrogen) atoms. The molecule has 0 amide bonds. The third-order valence-electron chi connectivity index (χ3n) is 1.96. The Morgan fingerprint density at radius 2 is 2.25 bits per heavy atom. The molecule has 0 saturated carbocycles. The fourth-order valence-corrected chi connectivity index (χ4v) is 1.18. The molecule has 0 fully saturated rings. The smallest absolute Gasteiger partial charge is 0.219 e. The van der Waals surface area contributed by atoms with Gasteiger partial charge in [0.2, 0.25) is 5.88 Å². The van der Waals surface area contributed by atoms with Crippen molar-refractivity contribution in [3.63, 3.8) is 0 Å². The summed E-state index contributed by atoms with van der Waals surface area (Å²) >= 11 is 0. The second kappa shape index (κ2) is 5.96. The quantitative estimate of drug-likeness (QED) is 0.768. The molecular weight excluding hydrogens is 202 g/mol. The lowest BCUT2D eigenvalue weighted by molar-refractivity contribution is 0.266. The second-order valence-electron chi connectivity index (χ2n) is 3.32. The molecule has 4 heteroatoms. The normalized spacial score (nSPS) is 11.6. The zero-order valence-electron chi connectivity index (χ0n) is 9.95. The van der Waals surface area contributed by atoms with Crippen LogP contribution in [0.25, 0.3) is 0 Å². The Kier molecular flexibility index (Phi) is 4.59. The van der Waals surface area contributed by atoms with Crippen LogP contribution in [0.5, 0.6) is 5.88 Å². The van der Waals surface area contributed by atoms with Gasteiger partial charge in [-0.15, -0.1) is 6.42 Å². The molecule has 0 aliphatic heterocycles. The monoisotopic (exact) mass is 219 g/mol. The zero-order chi connectivity index (χ0) is 12.0. The number of nitrogens with zero attached hydrogens (tertiary/aromatic N) is 2. The third kappa shape index (κ3) is 3.43. The Bertz CT molecular complexity index is 384. The van der Waals surface area contributed by atoms with Gasteiger partial charge in [0, 0.05) is 19.0 Å². The van der Waals surface area contributed by atoms with Crippen molar-refractivity contribution >= 4 is 5.82 Å². The Hall–Kier alpha value is -1.76. The van der Waals surface area contributed by atoms with Crippen molar-refractivity contribution in [2.24, 2.45) is 0 Å². The molecule has 1 unspecified atom stereocenters. The fourth-order valence-electron chi connectivity index (χ4n) is 1.18. The topological polar surface area (TPSA) is 47.0 Å². The van der Waals surface area contributed by atoms with E-state index in [1.54, 1.807) is 13.0 Å². The van der Waals surface area contributed by atoms with Crippen LogP contribution >= 0.6 is 0 Å². The van der Waals surface area contributed by atoms with Crippen LogP contribution in [0.15, 0.2) is 6.07 Å². The Morgan fingerprint density at radius 3 is 2.81 bits per heavy atom. The van der Waals surface area contributed by atoms with E-state index >= 15 is 0 Å². The summed E-state index contributed by atoms with van der Waals surface area (Å²) in [5.74, 6) is 4.54. The van der Waals surface area contributed by atoms with Gasteiger partial charge < -0.3 is 10.1 Å². The Balaban J connectivity index is 2.91. The SMILES string of the molecule is C#CC(C)Oc1cc(NCC)nc(CC)n1. The number of ether oxygens (including phenoxy) is 1. The molecule has 1 aromatic heterocycles. The molecule has 0 aliphatic carbocycles. The molecule has 4 nitrogen and oxygen atoms in total. The molecular formula is C12H17N3O. The van der Waals surface area contributed by atoms with Crippen LogP contribution in [-0.2, 0) is 6.42 Å². The molecule has 1 aromatic rings. The average Bonchev–Trinajstić information content (AvgIpc) is 2.29. The number of rotatable bonds is 5. The van der Waals surface area contributed by atoms with E-state index in [-0.39, 0.29) is 6.10 Å². The van der Waals surface area contributed by atoms with Crippen molar-refractivity contribution < 1.29 is 4.74 Å². The minimum absolute atomic E-state index is 0.283. The lowest BCUT2D eigenvalue weighted by Gasteiger charge is -2.11. The van der Waals surface area contributed by atoms with E-state index in [9.17, 15) is 0 Å². The molecule has 0 aliphatic rings. The van der Waals surface area contributed by atoms with Crippen LogP contribution in [0.2, 0.25) is 0 Å². The number of aromatic nitrogens is 2. The van der Waals surface area contributed by atoms with Crippen molar-refractivity contribution in [1.82, 2.24) is 9.97 Å². The maximum atomic E-state index is 5.47. The first-order valence-electron chi connectivity index (χ1n) is 5.44. The number of aryl methyl sites for hydroxylation is 1. The standard InChI is InChI=1S/C12H17N3O/c1-5-9(4)16-12-8-11(13-7-3)14-10(6-2)15-12/h1,8-9H,6-7H2,2-4H3,(H,13,14,15). The van der Waals surface area contributed by atoms with Gasteiger partial charge >= 0.3 is 0 Å². The van der Waals surface area contributed by atoms with Gasteiger partial charge in [0.1, 0.15) is 11.6 Å². The number of hydrogen-bond acceptors (Lipinski definition) is 4. The van der Waals surface area contributed by atoms with Crippen molar-refractivity contribution in [2.45, 2.75) is 33.3 Å². The minimum Gasteiger partial charge on any atom is -0.461 e. The predicted molar refractivity (Wildman–Crippen MR) is 64.5 cm³/mol. The van der Waals surface area contributed by atoms with E-state index in [2.05, 4.69) is 21.2 Å². The highest BCUT2D eigenvalue weighted by Crippen LogP contribution is 2.15. The Morgan fingerprint density at radius 1 is 1.50 bits per heavy atom. The van der Waals surface area contributed by atoms with Crippen LogP contribution in [0.3, 0.4) is 0 Å². The minimum atomic E-state index is -0.283. The largest absolute Gasteiger partial charge is 0.461 e. The van der Waals surface area contributed by atoms with Crippen molar-refractivity contribution in [1.29, 1.82) is 0 Å². The van der Waals surface area contributed by atoms with E-state index < -0.39 is 0 Å². The van der Waals surface area contributed by atoms with Crippen LogP contribution in [0.1, 0.15) is 26.6 Å². The van der Waals surface area contributed by atoms with Crippen LogP contribution in [0.4, 0.5) is 5.82 Å². The lowest BCUT2D eigenvalue weighted by Crippen LogP contribution is -2.11. The lowest BCUT2D eigenvalue weighted by atomic mass is 10.4. The highest BCUT2D eigenvalue weighted by atomic mass is 16.5. The van der Waals surface area contributed by atoms with Gasteiger partial charge in [0.25, 0.3) is 0 Å². The summed E-state index contributed by atoms with van der Waals surface area (Å²) in [6.45, 7) is 6.63. The molecule has 1 heterocycles. The van der Waals surface area contributed by atoms with Crippen molar-refractivity contribution in [2.75, 3.05) is 11.9 Å². The van der Waals surface area contributed by atoms with Crippen molar-refractivity contribution in [3.05, 3.63) is 11.9 Å². The molecule has 0 bridgehead atoms. The highest BCUT2D eigenvalue weighted by molar-refractivity contribution is 5.38. The molecule has 0 spiro atoms. The highest BCUT2D eigenvalue weighted by Gasteiger charge is 2.06. The van der Waals surface area contributed by atoms with Gasteiger partial charge in [-0.2, -0.15) is 4.98 Å². The summed E-state index contributed by atoms with van der Waals surface area (Å²) in [6.07, 6.45) is 5.73. The van der Waals surface area contributed by atoms with Crippen molar-refractivity contribution in [3.8, 4) is 18.2 Å². The number of terminal acetylenes is 1. The van der Waals surface area contributed by atoms with E-state index in [1.165, 1.54) is 0 Å². The first kappa shape index (κ1) is 12.3. The summed E-state index contributed by atoms with van der Waals surface area (Å²) in [6, 6.07) is 1.76. The summed E-state index contributed by atoms with van der Waals surface area (Å²) < 4.78 is 5.47. The third-order valence-corrected chi connectivity index (χ3v) is 1.96. The maximum Gasteiger partial charge on any atom is 0.219 e. The molecule has 1 N–H and O–H groups in total. The van der Waals surface area contributed by atoms with E-state index in [4.69, 9.17) is 11.2 Å². The Labute approximate surface area is 96.5 Å². The van der Waals surface area contributed by atoms with Gasteiger partial charge in [-0.05, 0) is 13.8 Å². The second-order valence-corrected chi connectivity index (χ2v) is 3.32. The summed E-state index contributed by atoms with van der Waals surface area (Å²) in [5.41, 5.74) is 0. The molecule has 0 aromatic carbocycles. The molecule has 1 rings (SSSR count). The number of anilines is 1. The summed E-state index contributed by atoms with van der Waals surface area (Å²) in [4.78, 5) is 8.57. The summed E-state index contributed by atoms with van der Waals surface area (Å²) in [5, 5.41) is 3.13. The van der Waals surface area contributed by atoms with Gasteiger partial charge in [-0.25, -0.2) is 4.98 Å².